The molecule has 18 heavy (non-hydrogen) atoms. The highest BCUT2D eigenvalue weighted by Crippen LogP contribution is 2.11. The van der Waals surface area contributed by atoms with E-state index in [1.165, 1.54) is 23.1 Å². The molecular weight excluding hydrogens is 237 g/mol. The maximum absolute atomic E-state index is 12.9. The van der Waals surface area contributed by atoms with Crippen LogP contribution in [0, 0.1) is 5.82 Å². The number of esters is 1. The lowest BCUT2D eigenvalue weighted by atomic mass is 10.1. The van der Waals surface area contributed by atoms with Crippen molar-refractivity contribution in [1.29, 1.82) is 0 Å². The molecule has 0 N–H and O–H groups in total. The van der Waals surface area contributed by atoms with Crippen LogP contribution >= 0.6 is 0 Å². The molecular formula is C13H14FNO3. The summed E-state index contributed by atoms with van der Waals surface area (Å²) in [6.45, 7) is 1.21. The van der Waals surface area contributed by atoms with Gasteiger partial charge < -0.3 is 9.64 Å². The van der Waals surface area contributed by atoms with Crippen LogP contribution in [0.4, 0.5) is 9.18 Å². The minimum absolute atomic E-state index is 0.0420. The topological polar surface area (TPSA) is 46.6 Å². The van der Waals surface area contributed by atoms with E-state index in [0.717, 1.165) is 25.3 Å². The molecule has 1 fully saturated rings. The number of benzene rings is 1. The third-order valence-electron chi connectivity index (χ3n) is 2.85. The summed E-state index contributed by atoms with van der Waals surface area (Å²) in [6, 6.07) is 5.08. The van der Waals surface area contributed by atoms with Crippen molar-refractivity contribution in [2.75, 3.05) is 13.1 Å². The van der Waals surface area contributed by atoms with Crippen LogP contribution in [0.3, 0.4) is 0 Å². The molecule has 0 bridgehead atoms. The van der Waals surface area contributed by atoms with Gasteiger partial charge in [0.1, 0.15) is 5.82 Å². The number of halogens is 1. The van der Waals surface area contributed by atoms with Crippen LogP contribution in [-0.4, -0.2) is 30.1 Å². The van der Waals surface area contributed by atoms with E-state index in [9.17, 15) is 14.0 Å². The number of carbonyl (C=O) groups excluding carboxylic acids is 2. The lowest BCUT2D eigenvalue weighted by Gasteiger charge is -2.25. The Hall–Kier alpha value is -1.91. The van der Waals surface area contributed by atoms with Crippen molar-refractivity contribution in [3.63, 3.8) is 0 Å². The molecule has 1 amide bonds. The van der Waals surface area contributed by atoms with Crippen molar-refractivity contribution in [3.8, 4) is 0 Å². The molecule has 5 heteroatoms. The van der Waals surface area contributed by atoms with Gasteiger partial charge in [-0.3, -0.25) is 0 Å². The van der Waals surface area contributed by atoms with Gasteiger partial charge in [0.05, 0.1) is 5.56 Å². The highest BCUT2D eigenvalue weighted by molar-refractivity contribution is 5.96. The van der Waals surface area contributed by atoms with Crippen LogP contribution in [0.1, 0.15) is 29.6 Å². The average Bonchev–Trinajstić information content (AvgIpc) is 2.39. The highest BCUT2D eigenvalue weighted by Gasteiger charge is 2.21. The molecule has 0 aliphatic carbocycles. The molecule has 1 aromatic rings. The van der Waals surface area contributed by atoms with Crippen molar-refractivity contribution in [1.82, 2.24) is 4.90 Å². The number of hydrogen-bond donors (Lipinski definition) is 0. The minimum Gasteiger partial charge on any atom is -0.372 e. The Morgan fingerprint density at radius 2 is 1.89 bits per heavy atom. The van der Waals surface area contributed by atoms with Crippen LogP contribution < -0.4 is 0 Å². The van der Waals surface area contributed by atoms with Gasteiger partial charge in [-0.05, 0) is 37.5 Å². The predicted molar refractivity (Wildman–Crippen MR) is 62.6 cm³/mol. The van der Waals surface area contributed by atoms with E-state index in [0.29, 0.717) is 13.1 Å². The van der Waals surface area contributed by atoms with Gasteiger partial charge in [-0.25, -0.2) is 14.0 Å². The number of likely N-dealkylation sites (tertiary alicyclic amines) is 1. The lowest BCUT2D eigenvalue weighted by molar-refractivity contribution is 0.0526. The molecule has 1 saturated heterocycles. The molecule has 2 rings (SSSR count). The standard InChI is InChI=1S/C13H14FNO3/c14-11-6-4-5-10(9-11)12(16)18-13(17)15-7-2-1-3-8-15/h4-6,9H,1-3,7-8H2. The normalized spacial score (nSPS) is 15.3. The van der Waals surface area contributed by atoms with Gasteiger partial charge in [-0.15, -0.1) is 0 Å². The SMILES string of the molecule is O=C(OC(=O)N1CCCCC1)c1cccc(F)c1. The van der Waals surface area contributed by atoms with Gasteiger partial charge in [0.25, 0.3) is 0 Å². The minimum atomic E-state index is -0.815. The van der Waals surface area contributed by atoms with Gasteiger partial charge in [-0.2, -0.15) is 0 Å². The Morgan fingerprint density at radius 3 is 2.56 bits per heavy atom. The first-order valence-corrected chi connectivity index (χ1v) is 5.93. The highest BCUT2D eigenvalue weighted by atomic mass is 19.1. The lowest BCUT2D eigenvalue weighted by Crippen LogP contribution is -2.37. The second-order valence-corrected chi connectivity index (χ2v) is 4.21. The Bertz CT molecular complexity index is 455. The van der Waals surface area contributed by atoms with E-state index in [4.69, 9.17) is 4.74 Å². The molecule has 1 aliphatic heterocycles. The van der Waals surface area contributed by atoms with Gasteiger partial charge in [-0.1, -0.05) is 6.07 Å². The summed E-state index contributed by atoms with van der Waals surface area (Å²) in [5, 5.41) is 0. The summed E-state index contributed by atoms with van der Waals surface area (Å²) in [5.41, 5.74) is 0.0420. The average molecular weight is 251 g/mol. The number of piperidine rings is 1. The Kier molecular flexibility index (Phi) is 3.92. The molecule has 0 aromatic heterocycles. The number of nitrogens with zero attached hydrogens (tertiary/aromatic N) is 1. The molecule has 0 spiro atoms. The van der Waals surface area contributed by atoms with Crippen LogP contribution in [0.25, 0.3) is 0 Å². The zero-order valence-corrected chi connectivity index (χ0v) is 9.89. The van der Waals surface area contributed by atoms with E-state index >= 15 is 0 Å². The Balaban J connectivity index is 1.96. The second-order valence-electron chi connectivity index (χ2n) is 4.21. The number of ether oxygens (including phenoxy) is 1. The third kappa shape index (κ3) is 3.06. The fourth-order valence-electron chi connectivity index (χ4n) is 1.89. The fourth-order valence-corrected chi connectivity index (χ4v) is 1.89. The van der Waals surface area contributed by atoms with Crippen molar-refractivity contribution in [2.24, 2.45) is 0 Å². The van der Waals surface area contributed by atoms with Gasteiger partial charge in [0, 0.05) is 13.1 Å². The van der Waals surface area contributed by atoms with E-state index in [2.05, 4.69) is 0 Å². The summed E-state index contributed by atoms with van der Waals surface area (Å²) in [4.78, 5) is 24.8. The van der Waals surface area contributed by atoms with E-state index < -0.39 is 17.9 Å². The van der Waals surface area contributed by atoms with Gasteiger partial charge >= 0.3 is 12.1 Å². The van der Waals surface area contributed by atoms with Crippen molar-refractivity contribution >= 4 is 12.1 Å². The summed E-state index contributed by atoms with van der Waals surface area (Å²) >= 11 is 0. The molecule has 0 radical (unpaired) electrons. The number of hydrogen-bond acceptors (Lipinski definition) is 3. The second kappa shape index (κ2) is 5.62. The maximum Gasteiger partial charge on any atom is 0.417 e. The number of amides is 1. The molecule has 4 nitrogen and oxygen atoms in total. The third-order valence-corrected chi connectivity index (χ3v) is 2.85. The largest absolute Gasteiger partial charge is 0.417 e. The summed E-state index contributed by atoms with van der Waals surface area (Å²) in [6.07, 6.45) is 2.28. The smallest absolute Gasteiger partial charge is 0.372 e. The maximum atomic E-state index is 12.9. The first kappa shape index (κ1) is 12.5. The van der Waals surface area contributed by atoms with Crippen LogP contribution in [-0.2, 0) is 4.74 Å². The van der Waals surface area contributed by atoms with E-state index in [1.807, 2.05) is 0 Å². The predicted octanol–water partition coefficient (Wildman–Crippen LogP) is 2.59. The quantitative estimate of drug-likeness (QED) is 0.569. The summed E-state index contributed by atoms with van der Waals surface area (Å²) in [5.74, 6) is -1.35. The molecule has 1 heterocycles. The Labute approximate surface area is 104 Å². The molecule has 96 valence electrons. The summed E-state index contributed by atoms with van der Waals surface area (Å²) < 4.78 is 17.6. The van der Waals surface area contributed by atoms with Crippen LogP contribution in [0.5, 0.6) is 0 Å². The number of rotatable bonds is 1. The number of carbonyl (C=O) groups is 2. The zero-order chi connectivity index (χ0) is 13.0. The van der Waals surface area contributed by atoms with Gasteiger partial charge in [0.15, 0.2) is 0 Å². The first-order chi connectivity index (χ1) is 8.66. The molecule has 0 unspecified atom stereocenters. The molecule has 1 aromatic carbocycles. The molecule has 0 saturated carbocycles. The molecule has 1 aliphatic rings. The van der Waals surface area contributed by atoms with Gasteiger partial charge in [0.2, 0.25) is 0 Å². The van der Waals surface area contributed by atoms with Crippen LogP contribution in [0.15, 0.2) is 24.3 Å². The zero-order valence-electron chi connectivity index (χ0n) is 9.89. The van der Waals surface area contributed by atoms with Crippen molar-refractivity contribution < 1.29 is 18.7 Å². The van der Waals surface area contributed by atoms with Crippen molar-refractivity contribution in [2.45, 2.75) is 19.3 Å². The monoisotopic (exact) mass is 251 g/mol. The summed E-state index contributed by atoms with van der Waals surface area (Å²) in [7, 11) is 0. The van der Waals surface area contributed by atoms with Crippen molar-refractivity contribution in [3.05, 3.63) is 35.6 Å². The fraction of sp³-hybridized carbons (Fsp3) is 0.385. The van der Waals surface area contributed by atoms with E-state index in [-0.39, 0.29) is 5.56 Å². The van der Waals surface area contributed by atoms with E-state index in [1.54, 1.807) is 0 Å². The van der Waals surface area contributed by atoms with Crippen LogP contribution in [0.2, 0.25) is 0 Å². The first-order valence-electron chi connectivity index (χ1n) is 5.93. The molecule has 0 atom stereocenters. The Morgan fingerprint density at radius 1 is 1.17 bits per heavy atom.